The minimum Gasteiger partial charge on any atom is -0.412 e. The van der Waals surface area contributed by atoms with Crippen molar-refractivity contribution in [2.24, 2.45) is 5.92 Å². The SMILES string of the molecule is O.O.O.[CH2-]CCC(C)C.[Ti]. The molecule has 0 aliphatic heterocycles. The third-order valence-electron chi connectivity index (χ3n) is 0.781. The molecule has 6 N–H and O–H groups in total. The molecule has 0 saturated heterocycles. The van der Waals surface area contributed by atoms with E-state index in [0.29, 0.717) is 0 Å². The van der Waals surface area contributed by atoms with Crippen molar-refractivity contribution in [3.8, 4) is 0 Å². The summed E-state index contributed by atoms with van der Waals surface area (Å²) in [6.45, 7) is 8.15. The van der Waals surface area contributed by atoms with Gasteiger partial charge in [0.2, 0.25) is 0 Å². The van der Waals surface area contributed by atoms with Gasteiger partial charge in [-0.2, -0.15) is 6.42 Å². The predicted octanol–water partition coefficient (Wildman–Crippen LogP) is -0.220. The van der Waals surface area contributed by atoms with Gasteiger partial charge in [0.05, 0.1) is 0 Å². The Bertz CT molecular complexity index is 34.2. The summed E-state index contributed by atoms with van der Waals surface area (Å²) in [5, 5.41) is 0. The molecule has 0 heterocycles. The Morgan fingerprint density at radius 1 is 1.10 bits per heavy atom. The first-order valence-electron chi connectivity index (χ1n) is 2.56. The van der Waals surface area contributed by atoms with Gasteiger partial charge in [0.15, 0.2) is 0 Å². The maximum atomic E-state index is 3.73. The summed E-state index contributed by atoms with van der Waals surface area (Å²) in [4.78, 5) is 0. The quantitative estimate of drug-likeness (QED) is 0.422. The molecule has 0 rings (SSSR count). The Labute approximate surface area is 78.0 Å². The van der Waals surface area contributed by atoms with Crippen LogP contribution in [-0.4, -0.2) is 16.4 Å². The molecule has 10 heavy (non-hydrogen) atoms. The molecule has 0 amide bonds. The molecule has 0 aromatic carbocycles. The van der Waals surface area contributed by atoms with Crippen LogP contribution in [0.15, 0.2) is 0 Å². The van der Waals surface area contributed by atoms with E-state index < -0.39 is 0 Å². The Balaban J connectivity index is -0.0000000208. The number of hydrogen-bond acceptors (Lipinski definition) is 0. The monoisotopic (exact) mass is 187 g/mol. The first-order valence-corrected chi connectivity index (χ1v) is 2.56. The third-order valence-corrected chi connectivity index (χ3v) is 0.781. The average Bonchev–Trinajstić information content (AvgIpc) is 1.35. The molecule has 4 heteroatoms. The summed E-state index contributed by atoms with van der Waals surface area (Å²) < 4.78 is 0. The minimum absolute atomic E-state index is 0. The van der Waals surface area contributed by atoms with E-state index in [9.17, 15) is 0 Å². The van der Waals surface area contributed by atoms with Crippen molar-refractivity contribution in [3.63, 3.8) is 0 Å². The molecule has 0 aromatic heterocycles. The molecule has 0 aromatic rings. The summed E-state index contributed by atoms with van der Waals surface area (Å²) in [6, 6.07) is 0. The van der Waals surface area contributed by atoms with E-state index in [4.69, 9.17) is 0 Å². The molecule has 0 spiro atoms. The van der Waals surface area contributed by atoms with Gasteiger partial charge in [-0.25, -0.2) is 0 Å². The second-order valence-electron chi connectivity index (χ2n) is 2.04. The van der Waals surface area contributed by atoms with E-state index in [1.165, 1.54) is 6.42 Å². The molecule has 66 valence electrons. The third kappa shape index (κ3) is 38.4. The van der Waals surface area contributed by atoms with Crippen LogP contribution in [0.5, 0.6) is 0 Å². The number of rotatable bonds is 2. The van der Waals surface area contributed by atoms with Crippen LogP contribution in [0.25, 0.3) is 0 Å². The van der Waals surface area contributed by atoms with E-state index in [1.807, 2.05) is 0 Å². The van der Waals surface area contributed by atoms with E-state index in [1.54, 1.807) is 0 Å². The normalized spacial score (nSPS) is 6.00. The second-order valence-corrected chi connectivity index (χ2v) is 2.04. The fraction of sp³-hybridized carbons (Fsp3) is 0.833. The van der Waals surface area contributed by atoms with Gasteiger partial charge in [-0.15, -0.1) is 0 Å². The zero-order chi connectivity index (χ0) is 4.99. The summed E-state index contributed by atoms with van der Waals surface area (Å²) in [5.41, 5.74) is 0. The van der Waals surface area contributed by atoms with Gasteiger partial charge in [0.25, 0.3) is 0 Å². The fourth-order valence-corrected chi connectivity index (χ4v) is 0.408. The van der Waals surface area contributed by atoms with Crippen LogP contribution < -0.4 is 0 Å². The molecule has 0 bridgehead atoms. The second kappa shape index (κ2) is 22.6. The Morgan fingerprint density at radius 2 is 1.40 bits per heavy atom. The van der Waals surface area contributed by atoms with Crippen molar-refractivity contribution in [2.75, 3.05) is 0 Å². The summed E-state index contributed by atoms with van der Waals surface area (Å²) >= 11 is 0. The van der Waals surface area contributed by atoms with Gasteiger partial charge < -0.3 is 23.4 Å². The Kier molecular flexibility index (Phi) is 70.6. The van der Waals surface area contributed by atoms with Crippen molar-refractivity contribution in [2.45, 2.75) is 26.7 Å². The van der Waals surface area contributed by atoms with Crippen LogP contribution in [0.4, 0.5) is 0 Å². The molecule has 0 unspecified atom stereocenters. The van der Waals surface area contributed by atoms with Gasteiger partial charge in [-0.1, -0.05) is 20.3 Å². The molecular weight excluding hydrogens is 168 g/mol. The first-order chi connectivity index (χ1) is 2.77. The first kappa shape index (κ1) is 31.2. The molecular formula is C6H19O3Ti-. The van der Waals surface area contributed by atoms with Crippen molar-refractivity contribution >= 4 is 0 Å². The van der Waals surface area contributed by atoms with Crippen molar-refractivity contribution in [3.05, 3.63) is 6.92 Å². The van der Waals surface area contributed by atoms with Gasteiger partial charge in [-0.3, -0.25) is 0 Å². The zero-order valence-corrected chi connectivity index (χ0v) is 8.26. The maximum Gasteiger partial charge on any atom is 0 e. The van der Waals surface area contributed by atoms with E-state index in [2.05, 4.69) is 20.8 Å². The summed E-state index contributed by atoms with van der Waals surface area (Å²) in [6.07, 6.45) is 2.34. The molecule has 3 nitrogen and oxygen atoms in total. The van der Waals surface area contributed by atoms with Crippen LogP contribution in [0.3, 0.4) is 0 Å². The molecule has 0 aliphatic carbocycles. The van der Waals surface area contributed by atoms with Crippen LogP contribution in [-0.2, 0) is 21.7 Å². The van der Waals surface area contributed by atoms with Crippen LogP contribution in [0.2, 0.25) is 0 Å². The van der Waals surface area contributed by atoms with Crippen molar-refractivity contribution in [1.82, 2.24) is 0 Å². The number of hydrogen-bond donors (Lipinski definition) is 0. The molecule has 0 saturated carbocycles. The topological polar surface area (TPSA) is 94.5 Å². The van der Waals surface area contributed by atoms with Gasteiger partial charge >= 0.3 is 0 Å². The zero-order valence-electron chi connectivity index (χ0n) is 6.70. The Morgan fingerprint density at radius 3 is 1.40 bits per heavy atom. The fourth-order valence-electron chi connectivity index (χ4n) is 0.408. The Hall–Kier alpha value is 0.594. The van der Waals surface area contributed by atoms with Crippen molar-refractivity contribution in [1.29, 1.82) is 0 Å². The average molecular weight is 187 g/mol. The molecule has 0 atom stereocenters. The van der Waals surface area contributed by atoms with Crippen LogP contribution in [0, 0.1) is 12.8 Å². The predicted molar refractivity (Wildman–Crippen MR) is 40.3 cm³/mol. The maximum absolute atomic E-state index is 3.73. The largest absolute Gasteiger partial charge is 0.412 e. The van der Waals surface area contributed by atoms with E-state index >= 15 is 0 Å². The molecule has 0 aliphatic rings. The minimum atomic E-state index is 0. The smallest absolute Gasteiger partial charge is 0 e. The molecule has 0 fully saturated rings. The standard InChI is InChI=1S/C6H13.3H2O.Ti/c1-4-5-6(2)3;;;;/h6H,1,4-5H2,2-3H3;3*1H2;/q-1;;;;. The van der Waals surface area contributed by atoms with Crippen LogP contribution in [0.1, 0.15) is 26.7 Å². The van der Waals surface area contributed by atoms with Gasteiger partial charge in [0, 0.05) is 21.7 Å². The van der Waals surface area contributed by atoms with E-state index in [0.717, 1.165) is 12.3 Å². The summed E-state index contributed by atoms with van der Waals surface area (Å²) in [5.74, 6) is 0.836. The van der Waals surface area contributed by atoms with Crippen molar-refractivity contribution < 1.29 is 38.1 Å². The van der Waals surface area contributed by atoms with Gasteiger partial charge in [-0.05, 0) is 5.92 Å². The summed E-state index contributed by atoms with van der Waals surface area (Å²) in [7, 11) is 0. The van der Waals surface area contributed by atoms with Crippen LogP contribution >= 0.6 is 0 Å². The molecule has 0 radical (unpaired) electrons. The van der Waals surface area contributed by atoms with E-state index in [-0.39, 0.29) is 38.1 Å². The van der Waals surface area contributed by atoms with Gasteiger partial charge in [0.1, 0.15) is 0 Å².